The van der Waals surface area contributed by atoms with Crippen LogP contribution in [0, 0.1) is 0 Å². The summed E-state index contributed by atoms with van der Waals surface area (Å²) in [5.41, 5.74) is 2.35. The summed E-state index contributed by atoms with van der Waals surface area (Å²) in [6, 6.07) is 2.12. The highest BCUT2D eigenvalue weighted by molar-refractivity contribution is 9.11. The molecule has 0 aromatic carbocycles. The van der Waals surface area contributed by atoms with Crippen LogP contribution in [0.2, 0.25) is 0 Å². The number of halogens is 2. The predicted molar refractivity (Wildman–Crippen MR) is 78.8 cm³/mol. The first-order chi connectivity index (χ1) is 8.19. The molecule has 2 rings (SSSR count). The highest BCUT2D eigenvalue weighted by Crippen LogP contribution is 2.22. The van der Waals surface area contributed by atoms with Crippen molar-refractivity contribution in [3.05, 3.63) is 38.8 Å². The van der Waals surface area contributed by atoms with Crippen molar-refractivity contribution < 1.29 is 0 Å². The molecule has 6 heteroatoms. The van der Waals surface area contributed by atoms with Gasteiger partial charge < -0.3 is 4.90 Å². The van der Waals surface area contributed by atoms with Crippen LogP contribution in [0.25, 0.3) is 0 Å². The van der Waals surface area contributed by atoms with Gasteiger partial charge in [0, 0.05) is 31.3 Å². The van der Waals surface area contributed by atoms with Gasteiger partial charge in [-0.1, -0.05) is 15.9 Å². The van der Waals surface area contributed by atoms with E-state index in [2.05, 4.69) is 53.3 Å². The Morgan fingerprint density at radius 2 is 2.00 bits per heavy atom. The zero-order valence-corrected chi connectivity index (χ0v) is 13.2. The van der Waals surface area contributed by atoms with Crippen molar-refractivity contribution in [3.8, 4) is 0 Å². The third-order valence-electron chi connectivity index (χ3n) is 2.23. The molecular formula is C11H11Br2N3S. The second-order valence-corrected chi connectivity index (χ2v) is 6.49. The maximum absolute atomic E-state index is 4.33. The van der Waals surface area contributed by atoms with Crippen LogP contribution < -0.4 is 4.90 Å². The third-order valence-corrected chi connectivity index (χ3v) is 4.43. The number of alkyl halides is 1. The van der Waals surface area contributed by atoms with Gasteiger partial charge in [-0.3, -0.25) is 0 Å². The van der Waals surface area contributed by atoms with E-state index < -0.39 is 0 Å². The number of thiophene rings is 1. The Kier molecular flexibility index (Phi) is 4.53. The van der Waals surface area contributed by atoms with Gasteiger partial charge in [-0.05, 0) is 38.5 Å². The van der Waals surface area contributed by atoms with Gasteiger partial charge in [0.1, 0.15) is 0 Å². The molecule has 0 saturated carbocycles. The molecule has 90 valence electrons. The number of rotatable bonds is 4. The maximum Gasteiger partial charge on any atom is 0.225 e. The van der Waals surface area contributed by atoms with Gasteiger partial charge in [-0.25, -0.2) is 9.97 Å². The third kappa shape index (κ3) is 3.50. The van der Waals surface area contributed by atoms with Gasteiger partial charge in [0.2, 0.25) is 5.95 Å². The molecule has 3 nitrogen and oxygen atoms in total. The fraction of sp³-hybridized carbons (Fsp3) is 0.273. The topological polar surface area (TPSA) is 29.0 Å². The molecule has 2 aromatic rings. The number of hydrogen-bond donors (Lipinski definition) is 0. The molecule has 2 aromatic heterocycles. The van der Waals surface area contributed by atoms with E-state index in [1.807, 2.05) is 24.3 Å². The molecule has 17 heavy (non-hydrogen) atoms. The molecule has 0 aliphatic rings. The molecule has 0 saturated heterocycles. The van der Waals surface area contributed by atoms with Crippen molar-refractivity contribution >= 4 is 49.1 Å². The summed E-state index contributed by atoms with van der Waals surface area (Å²) in [6.45, 7) is 0.815. The average Bonchev–Trinajstić information content (AvgIpc) is 2.75. The summed E-state index contributed by atoms with van der Waals surface area (Å²) in [5.74, 6) is 0.747. The van der Waals surface area contributed by atoms with Gasteiger partial charge in [-0.2, -0.15) is 0 Å². The van der Waals surface area contributed by atoms with E-state index in [1.54, 1.807) is 11.3 Å². The first-order valence-electron chi connectivity index (χ1n) is 5.00. The number of hydrogen-bond acceptors (Lipinski definition) is 4. The number of nitrogens with zero attached hydrogens (tertiary/aromatic N) is 3. The molecular weight excluding hydrogens is 366 g/mol. The molecule has 0 spiro atoms. The predicted octanol–water partition coefficient (Wildman–Crippen LogP) is 3.83. The zero-order valence-electron chi connectivity index (χ0n) is 9.23. The second kappa shape index (κ2) is 5.93. The van der Waals surface area contributed by atoms with Crippen molar-refractivity contribution in [1.29, 1.82) is 0 Å². The van der Waals surface area contributed by atoms with Gasteiger partial charge in [0.15, 0.2) is 0 Å². The fourth-order valence-corrected chi connectivity index (χ4v) is 2.88. The second-order valence-electron chi connectivity index (χ2n) is 3.64. The van der Waals surface area contributed by atoms with E-state index in [0.717, 1.165) is 27.2 Å². The van der Waals surface area contributed by atoms with Crippen molar-refractivity contribution in [1.82, 2.24) is 9.97 Å². The summed E-state index contributed by atoms with van der Waals surface area (Å²) in [4.78, 5) is 10.7. The summed E-state index contributed by atoms with van der Waals surface area (Å²) >= 11 is 8.53. The van der Waals surface area contributed by atoms with Crippen LogP contribution in [0.4, 0.5) is 5.95 Å². The lowest BCUT2D eigenvalue weighted by molar-refractivity contribution is 0.866. The number of anilines is 1. The number of aromatic nitrogens is 2. The fourth-order valence-electron chi connectivity index (χ4n) is 1.39. The lowest BCUT2D eigenvalue weighted by Gasteiger charge is -2.15. The monoisotopic (exact) mass is 375 g/mol. The lowest BCUT2D eigenvalue weighted by atomic mass is 10.3. The van der Waals surface area contributed by atoms with Crippen LogP contribution in [-0.4, -0.2) is 17.0 Å². The first kappa shape index (κ1) is 13.0. The summed E-state index contributed by atoms with van der Waals surface area (Å²) < 4.78 is 1.15. The summed E-state index contributed by atoms with van der Waals surface area (Å²) in [5, 5.41) is 2.92. The summed E-state index contributed by atoms with van der Waals surface area (Å²) in [6.07, 6.45) is 3.69. The minimum Gasteiger partial charge on any atom is -0.340 e. The maximum atomic E-state index is 4.33. The average molecular weight is 377 g/mol. The van der Waals surface area contributed by atoms with E-state index in [-0.39, 0.29) is 0 Å². The standard InChI is InChI=1S/C11H11Br2N3S/c1-16(6-8-2-10(13)17-7-8)11-14-4-9(3-12)5-15-11/h2,4-5,7H,3,6H2,1H3. The first-order valence-corrected chi connectivity index (χ1v) is 7.79. The van der Waals surface area contributed by atoms with Crippen molar-refractivity contribution in [2.45, 2.75) is 11.9 Å². The molecule has 0 fully saturated rings. The molecule has 0 bridgehead atoms. The van der Waals surface area contributed by atoms with Crippen LogP contribution in [0.1, 0.15) is 11.1 Å². The van der Waals surface area contributed by atoms with Crippen LogP contribution in [0.5, 0.6) is 0 Å². The quantitative estimate of drug-likeness (QED) is 0.759. The Morgan fingerprint density at radius 3 is 2.53 bits per heavy atom. The summed E-state index contributed by atoms with van der Waals surface area (Å²) in [7, 11) is 1.99. The smallest absolute Gasteiger partial charge is 0.225 e. The molecule has 0 aliphatic carbocycles. The Bertz CT molecular complexity index is 484. The van der Waals surface area contributed by atoms with Crippen molar-refractivity contribution in [2.75, 3.05) is 11.9 Å². The van der Waals surface area contributed by atoms with Crippen LogP contribution >= 0.6 is 43.2 Å². The molecule has 0 amide bonds. The molecule has 0 aliphatic heterocycles. The van der Waals surface area contributed by atoms with Crippen molar-refractivity contribution in [3.63, 3.8) is 0 Å². The normalized spacial score (nSPS) is 10.5. The Morgan fingerprint density at radius 1 is 1.29 bits per heavy atom. The van der Waals surface area contributed by atoms with E-state index in [0.29, 0.717) is 0 Å². The minimum absolute atomic E-state index is 0.747. The van der Waals surface area contributed by atoms with Crippen LogP contribution in [0.3, 0.4) is 0 Å². The van der Waals surface area contributed by atoms with E-state index in [1.165, 1.54) is 5.56 Å². The van der Waals surface area contributed by atoms with Gasteiger partial charge in [0.05, 0.1) is 3.79 Å². The molecule has 0 unspecified atom stereocenters. The zero-order chi connectivity index (χ0) is 12.3. The molecule has 2 heterocycles. The largest absolute Gasteiger partial charge is 0.340 e. The molecule has 0 radical (unpaired) electrons. The Labute approximate surface area is 121 Å². The van der Waals surface area contributed by atoms with Crippen molar-refractivity contribution in [2.24, 2.45) is 0 Å². The molecule has 0 N–H and O–H groups in total. The van der Waals surface area contributed by atoms with Gasteiger partial charge in [-0.15, -0.1) is 11.3 Å². The van der Waals surface area contributed by atoms with E-state index in [4.69, 9.17) is 0 Å². The molecule has 0 atom stereocenters. The Balaban J connectivity index is 2.06. The minimum atomic E-state index is 0.747. The van der Waals surface area contributed by atoms with Gasteiger partial charge in [0.25, 0.3) is 0 Å². The van der Waals surface area contributed by atoms with Gasteiger partial charge >= 0.3 is 0 Å². The van der Waals surface area contributed by atoms with E-state index in [9.17, 15) is 0 Å². The SMILES string of the molecule is CN(Cc1csc(Br)c1)c1ncc(CBr)cn1. The van der Waals surface area contributed by atoms with Crippen LogP contribution in [-0.2, 0) is 11.9 Å². The van der Waals surface area contributed by atoms with E-state index >= 15 is 0 Å². The highest BCUT2D eigenvalue weighted by atomic mass is 79.9. The Hall–Kier alpha value is -0.460. The lowest BCUT2D eigenvalue weighted by Crippen LogP contribution is -2.18. The van der Waals surface area contributed by atoms with Crippen LogP contribution in [0.15, 0.2) is 27.6 Å². The highest BCUT2D eigenvalue weighted by Gasteiger charge is 2.06.